The maximum absolute atomic E-state index is 4.69. The normalized spacial score (nSPS) is 12.8. The van der Waals surface area contributed by atoms with Crippen LogP contribution in [0.5, 0.6) is 0 Å². The summed E-state index contributed by atoms with van der Waals surface area (Å²) in [7, 11) is 0. The molecule has 1 aromatic heterocycles. The number of aryl methyl sites for hydroxylation is 2. The summed E-state index contributed by atoms with van der Waals surface area (Å²) in [5, 5.41) is 13.9. The van der Waals surface area contributed by atoms with Gasteiger partial charge in [-0.15, -0.1) is 24.0 Å². The Morgan fingerprint density at radius 1 is 1.25 bits per heavy atom. The van der Waals surface area contributed by atoms with Crippen LogP contribution in [-0.4, -0.2) is 35.3 Å². The summed E-state index contributed by atoms with van der Waals surface area (Å²) in [5.74, 6) is 1.73. The minimum atomic E-state index is 0. The van der Waals surface area contributed by atoms with Gasteiger partial charge < -0.3 is 10.6 Å². The van der Waals surface area contributed by atoms with Crippen LogP contribution in [0.4, 0.5) is 0 Å². The quantitative estimate of drug-likeness (QED) is 0.219. The van der Waals surface area contributed by atoms with Gasteiger partial charge in [0, 0.05) is 24.8 Å². The molecule has 6 heteroatoms. The smallest absolute Gasteiger partial charge is 0.191 e. The van der Waals surface area contributed by atoms with Gasteiger partial charge >= 0.3 is 0 Å². The zero-order valence-corrected chi connectivity index (χ0v) is 18.3. The number of nitrogens with zero attached hydrogens (tertiary/aromatic N) is 2. The van der Waals surface area contributed by atoms with E-state index in [1.807, 2.05) is 6.20 Å². The molecule has 5 nitrogen and oxygen atoms in total. The van der Waals surface area contributed by atoms with E-state index in [1.165, 1.54) is 24.8 Å². The average molecular weight is 449 g/mol. The summed E-state index contributed by atoms with van der Waals surface area (Å²) >= 11 is 0. The summed E-state index contributed by atoms with van der Waals surface area (Å²) in [4.78, 5) is 4.69. The van der Waals surface area contributed by atoms with Gasteiger partial charge in [-0.1, -0.05) is 26.7 Å². The molecule has 1 aromatic rings. The molecule has 0 saturated carbocycles. The van der Waals surface area contributed by atoms with Gasteiger partial charge in [0.1, 0.15) is 0 Å². The van der Waals surface area contributed by atoms with Crippen molar-refractivity contribution in [3.05, 3.63) is 17.5 Å². The topological polar surface area (TPSA) is 65.1 Å². The van der Waals surface area contributed by atoms with E-state index in [9.17, 15) is 0 Å². The molecule has 0 aromatic carbocycles. The second kappa shape index (κ2) is 13.5. The Kier molecular flexibility index (Phi) is 13.1. The predicted molar refractivity (Wildman–Crippen MR) is 114 cm³/mol. The van der Waals surface area contributed by atoms with Crippen molar-refractivity contribution in [1.82, 2.24) is 20.8 Å². The van der Waals surface area contributed by atoms with E-state index in [0.29, 0.717) is 6.04 Å². The minimum absolute atomic E-state index is 0. The van der Waals surface area contributed by atoms with E-state index in [0.717, 1.165) is 43.5 Å². The molecule has 0 spiro atoms. The van der Waals surface area contributed by atoms with Crippen LogP contribution in [-0.2, 0) is 6.42 Å². The van der Waals surface area contributed by atoms with E-state index >= 15 is 0 Å². The van der Waals surface area contributed by atoms with Crippen molar-refractivity contribution in [3.8, 4) is 0 Å². The third-order valence-corrected chi connectivity index (χ3v) is 3.95. The molecule has 0 aliphatic carbocycles. The third kappa shape index (κ3) is 10.2. The summed E-state index contributed by atoms with van der Waals surface area (Å²) in [5.41, 5.74) is 2.46. The number of H-pyrrole nitrogens is 1. The van der Waals surface area contributed by atoms with Gasteiger partial charge in [-0.05, 0) is 51.5 Å². The monoisotopic (exact) mass is 449 g/mol. The highest BCUT2D eigenvalue weighted by Gasteiger charge is 2.06. The number of guanidine groups is 1. The average Bonchev–Trinajstić information content (AvgIpc) is 2.88. The van der Waals surface area contributed by atoms with E-state index in [-0.39, 0.29) is 24.0 Å². The van der Waals surface area contributed by atoms with Crippen LogP contribution in [0.2, 0.25) is 0 Å². The lowest BCUT2D eigenvalue weighted by Gasteiger charge is -2.18. The lowest BCUT2D eigenvalue weighted by atomic mass is 10.0. The molecular weight excluding hydrogens is 413 g/mol. The molecular formula is C18H36IN5. The van der Waals surface area contributed by atoms with Gasteiger partial charge in [-0.25, -0.2) is 0 Å². The molecule has 0 fully saturated rings. The number of hydrogen-bond acceptors (Lipinski definition) is 2. The maximum atomic E-state index is 4.69. The minimum Gasteiger partial charge on any atom is -0.357 e. The fourth-order valence-electron chi connectivity index (χ4n) is 2.55. The Morgan fingerprint density at radius 2 is 2.00 bits per heavy atom. The van der Waals surface area contributed by atoms with Crippen molar-refractivity contribution in [1.29, 1.82) is 0 Å². The van der Waals surface area contributed by atoms with Gasteiger partial charge in [-0.2, -0.15) is 5.10 Å². The number of hydrogen-bond donors (Lipinski definition) is 3. The first-order valence-electron chi connectivity index (χ1n) is 9.06. The second-order valence-electron chi connectivity index (χ2n) is 6.75. The first-order valence-corrected chi connectivity index (χ1v) is 9.06. The van der Waals surface area contributed by atoms with Crippen LogP contribution < -0.4 is 10.6 Å². The Balaban J connectivity index is 0.00000529. The molecule has 0 bridgehead atoms. The molecule has 0 aliphatic heterocycles. The maximum Gasteiger partial charge on any atom is 0.191 e. The molecule has 0 saturated heterocycles. The first-order chi connectivity index (χ1) is 11.0. The van der Waals surface area contributed by atoms with E-state index < -0.39 is 0 Å². The van der Waals surface area contributed by atoms with Crippen LogP contribution in [0, 0.1) is 12.8 Å². The van der Waals surface area contributed by atoms with Crippen molar-refractivity contribution in [3.63, 3.8) is 0 Å². The predicted octanol–water partition coefficient (Wildman–Crippen LogP) is 4.04. The highest BCUT2D eigenvalue weighted by Crippen LogP contribution is 2.08. The zero-order valence-electron chi connectivity index (χ0n) is 16.0. The summed E-state index contributed by atoms with van der Waals surface area (Å²) < 4.78 is 0. The van der Waals surface area contributed by atoms with Gasteiger partial charge in [0.25, 0.3) is 0 Å². The Bertz CT molecular complexity index is 456. The fourth-order valence-corrected chi connectivity index (χ4v) is 2.55. The van der Waals surface area contributed by atoms with Crippen molar-refractivity contribution >= 4 is 29.9 Å². The van der Waals surface area contributed by atoms with Crippen LogP contribution in [0.1, 0.15) is 64.6 Å². The van der Waals surface area contributed by atoms with Crippen molar-refractivity contribution < 1.29 is 0 Å². The van der Waals surface area contributed by atoms with Crippen LogP contribution in [0.25, 0.3) is 0 Å². The standard InChI is InChI=1S/C18H35N5.HI/c1-6-19-18(22-15(4)10-7-9-14(2)3)20-12-8-11-17-13-21-23-16(17)5;/h13-15H,6-12H2,1-5H3,(H,21,23)(H2,19,20,22);1H. The highest BCUT2D eigenvalue weighted by molar-refractivity contribution is 14.0. The van der Waals surface area contributed by atoms with Crippen LogP contribution in [0.3, 0.4) is 0 Å². The number of aromatic amines is 1. The van der Waals surface area contributed by atoms with E-state index in [4.69, 9.17) is 0 Å². The first kappa shape index (κ1) is 23.2. The summed E-state index contributed by atoms with van der Waals surface area (Å²) in [6, 6.07) is 0.461. The lowest BCUT2D eigenvalue weighted by Crippen LogP contribution is -2.42. The third-order valence-electron chi connectivity index (χ3n) is 3.95. The second-order valence-corrected chi connectivity index (χ2v) is 6.75. The molecule has 1 heterocycles. The lowest BCUT2D eigenvalue weighted by molar-refractivity contribution is 0.491. The SMILES string of the molecule is CCNC(=NCCCc1cn[nH]c1C)NC(C)CCCC(C)C.I. The molecule has 24 heavy (non-hydrogen) atoms. The van der Waals surface area contributed by atoms with E-state index in [1.54, 1.807) is 0 Å². The molecule has 0 radical (unpaired) electrons. The number of halogens is 1. The van der Waals surface area contributed by atoms with Crippen LogP contribution in [0.15, 0.2) is 11.2 Å². The molecule has 3 N–H and O–H groups in total. The molecule has 1 unspecified atom stereocenters. The summed E-state index contributed by atoms with van der Waals surface area (Å²) in [6.07, 6.45) is 7.73. The number of nitrogens with one attached hydrogen (secondary N) is 3. The Morgan fingerprint density at radius 3 is 2.58 bits per heavy atom. The van der Waals surface area contributed by atoms with Crippen molar-refractivity contribution in [2.75, 3.05) is 13.1 Å². The zero-order chi connectivity index (χ0) is 17.1. The molecule has 140 valence electrons. The van der Waals surface area contributed by atoms with Gasteiger partial charge in [0.15, 0.2) is 5.96 Å². The molecule has 1 rings (SSSR count). The number of aromatic nitrogens is 2. The Labute approximate surface area is 164 Å². The molecule has 0 amide bonds. The van der Waals surface area contributed by atoms with Crippen molar-refractivity contribution in [2.24, 2.45) is 10.9 Å². The number of rotatable bonds is 10. The largest absolute Gasteiger partial charge is 0.357 e. The van der Waals surface area contributed by atoms with Gasteiger partial charge in [0.05, 0.1) is 6.20 Å². The molecule has 0 aliphatic rings. The summed E-state index contributed by atoms with van der Waals surface area (Å²) in [6.45, 7) is 12.7. The fraction of sp³-hybridized carbons (Fsp3) is 0.778. The van der Waals surface area contributed by atoms with Crippen LogP contribution >= 0.6 is 24.0 Å². The van der Waals surface area contributed by atoms with Crippen molar-refractivity contribution in [2.45, 2.75) is 72.8 Å². The highest BCUT2D eigenvalue weighted by atomic mass is 127. The number of aliphatic imine (C=N–C) groups is 1. The van der Waals surface area contributed by atoms with E-state index in [2.05, 4.69) is 60.4 Å². The Hall–Kier alpha value is -0.790. The van der Waals surface area contributed by atoms with Gasteiger partial charge in [-0.3, -0.25) is 10.1 Å². The molecule has 1 atom stereocenters. The van der Waals surface area contributed by atoms with Gasteiger partial charge in [0.2, 0.25) is 0 Å².